The first-order valence-corrected chi connectivity index (χ1v) is 6.87. The van der Waals surface area contributed by atoms with Gasteiger partial charge >= 0.3 is 6.18 Å². The highest BCUT2D eigenvalue weighted by Gasteiger charge is 2.42. The molecule has 0 amide bonds. The van der Waals surface area contributed by atoms with Gasteiger partial charge in [0.15, 0.2) is 0 Å². The lowest BCUT2D eigenvalue weighted by molar-refractivity contribution is -0.388. The summed E-state index contributed by atoms with van der Waals surface area (Å²) in [4.78, 5) is 9.67. The van der Waals surface area contributed by atoms with Crippen LogP contribution in [0.4, 0.5) is 24.5 Å². The van der Waals surface area contributed by atoms with Gasteiger partial charge in [-0.15, -0.1) is 0 Å². The zero-order valence-electron chi connectivity index (χ0n) is 11.7. The van der Waals surface area contributed by atoms with Crippen LogP contribution >= 0.6 is 0 Å². The second-order valence-electron chi connectivity index (χ2n) is 5.59. The van der Waals surface area contributed by atoms with Crippen LogP contribution in [-0.4, -0.2) is 11.5 Å². The highest BCUT2D eigenvalue weighted by atomic mass is 19.4. The molecule has 0 aromatic heterocycles. The molecule has 2 rings (SSSR count). The van der Waals surface area contributed by atoms with Gasteiger partial charge in [-0.1, -0.05) is 13.3 Å². The molecule has 1 aliphatic rings. The summed E-state index contributed by atoms with van der Waals surface area (Å²) in [6, 6.07) is 3.06. The molecule has 1 N–H and O–H groups in total. The van der Waals surface area contributed by atoms with Gasteiger partial charge in [0.05, 0.1) is 4.92 Å². The minimum Gasteiger partial charge on any atom is -0.384 e. The predicted octanol–water partition coefficient (Wildman–Crippen LogP) is 4.61. The van der Waals surface area contributed by atoms with Gasteiger partial charge in [0.1, 0.15) is 5.56 Å². The molecule has 0 unspecified atom stereocenters. The molecule has 0 bridgehead atoms. The Labute approximate surface area is 120 Å². The lowest BCUT2D eigenvalue weighted by Gasteiger charge is -2.17. The molecule has 0 saturated heterocycles. The highest BCUT2D eigenvalue weighted by molar-refractivity contribution is 5.55. The number of benzene rings is 1. The number of nitro benzene ring substituents is 1. The summed E-state index contributed by atoms with van der Waals surface area (Å²) in [7, 11) is 0. The zero-order valence-corrected chi connectivity index (χ0v) is 11.7. The fourth-order valence-corrected chi connectivity index (χ4v) is 2.54. The molecule has 116 valence electrons. The number of rotatable bonds is 6. The van der Waals surface area contributed by atoms with Crippen molar-refractivity contribution in [2.75, 3.05) is 11.9 Å². The number of alkyl halides is 3. The smallest absolute Gasteiger partial charge is 0.384 e. The Kier molecular flexibility index (Phi) is 4.11. The SMILES string of the molecule is CCCC1(CNc2ccc([N+](=O)[O-])c(C(F)(F)F)c2)CC1. The molecule has 0 atom stereocenters. The number of nitrogens with zero attached hydrogens (tertiary/aromatic N) is 1. The second kappa shape index (κ2) is 5.54. The Hall–Kier alpha value is -1.79. The summed E-state index contributed by atoms with van der Waals surface area (Å²) >= 11 is 0. The van der Waals surface area contributed by atoms with E-state index in [1.54, 1.807) is 0 Å². The largest absolute Gasteiger partial charge is 0.423 e. The van der Waals surface area contributed by atoms with Gasteiger partial charge in [0, 0.05) is 18.3 Å². The predicted molar refractivity (Wildman–Crippen MR) is 73.2 cm³/mol. The highest BCUT2D eigenvalue weighted by Crippen LogP contribution is 2.49. The normalized spacial score (nSPS) is 16.6. The Balaban J connectivity index is 2.16. The van der Waals surface area contributed by atoms with Crippen molar-refractivity contribution >= 4 is 11.4 Å². The summed E-state index contributed by atoms with van der Waals surface area (Å²) in [6.07, 6.45) is -0.504. The first-order valence-electron chi connectivity index (χ1n) is 6.87. The zero-order chi connectivity index (χ0) is 15.7. The van der Waals surface area contributed by atoms with Crippen LogP contribution in [0.5, 0.6) is 0 Å². The van der Waals surface area contributed by atoms with Crippen molar-refractivity contribution in [3.05, 3.63) is 33.9 Å². The Morgan fingerprint density at radius 3 is 2.52 bits per heavy atom. The Bertz CT molecular complexity index is 540. The van der Waals surface area contributed by atoms with E-state index in [-0.39, 0.29) is 11.1 Å². The van der Waals surface area contributed by atoms with Crippen LogP contribution in [0, 0.1) is 15.5 Å². The average molecular weight is 302 g/mol. The van der Waals surface area contributed by atoms with Crippen LogP contribution < -0.4 is 5.32 Å². The maximum absolute atomic E-state index is 12.9. The van der Waals surface area contributed by atoms with Gasteiger partial charge in [-0.25, -0.2) is 0 Å². The molecule has 0 heterocycles. The molecule has 1 aliphatic carbocycles. The summed E-state index contributed by atoms with van der Waals surface area (Å²) in [5.74, 6) is 0. The summed E-state index contributed by atoms with van der Waals surface area (Å²) < 4.78 is 38.6. The van der Waals surface area contributed by atoms with Crippen molar-refractivity contribution in [1.29, 1.82) is 0 Å². The van der Waals surface area contributed by atoms with E-state index in [0.29, 0.717) is 6.54 Å². The molecule has 0 spiro atoms. The quantitative estimate of drug-likeness (QED) is 0.617. The summed E-state index contributed by atoms with van der Waals surface area (Å²) in [5.41, 5.74) is -1.66. The van der Waals surface area contributed by atoms with E-state index in [2.05, 4.69) is 12.2 Å². The number of nitrogens with one attached hydrogen (secondary N) is 1. The molecule has 1 saturated carbocycles. The van der Waals surface area contributed by atoms with E-state index in [0.717, 1.165) is 37.8 Å². The maximum atomic E-state index is 12.9. The molecule has 7 heteroatoms. The molecule has 4 nitrogen and oxygen atoms in total. The van der Waals surface area contributed by atoms with Gasteiger partial charge in [0.2, 0.25) is 0 Å². The lowest BCUT2D eigenvalue weighted by Crippen LogP contribution is -2.16. The molecule has 1 aromatic rings. The van der Waals surface area contributed by atoms with Crippen LogP contribution in [0.25, 0.3) is 0 Å². The third-order valence-electron chi connectivity index (χ3n) is 3.90. The third-order valence-corrected chi connectivity index (χ3v) is 3.90. The molecule has 1 aromatic carbocycles. The van der Waals surface area contributed by atoms with Crippen LogP contribution in [0.2, 0.25) is 0 Å². The number of nitro groups is 1. The average Bonchev–Trinajstić information content (AvgIpc) is 3.16. The third kappa shape index (κ3) is 3.65. The van der Waals surface area contributed by atoms with E-state index in [4.69, 9.17) is 0 Å². The van der Waals surface area contributed by atoms with Gasteiger partial charge in [0.25, 0.3) is 5.69 Å². The van der Waals surface area contributed by atoms with Crippen LogP contribution in [0.15, 0.2) is 18.2 Å². The van der Waals surface area contributed by atoms with Crippen LogP contribution in [0.3, 0.4) is 0 Å². The summed E-state index contributed by atoms with van der Waals surface area (Å²) in [6.45, 7) is 2.68. The minimum absolute atomic E-state index is 0.189. The van der Waals surface area contributed by atoms with Gasteiger partial charge in [-0.05, 0) is 36.8 Å². The number of hydrogen-bond acceptors (Lipinski definition) is 3. The maximum Gasteiger partial charge on any atom is 0.423 e. The summed E-state index contributed by atoms with van der Waals surface area (Å²) in [5, 5.41) is 13.7. The van der Waals surface area contributed by atoms with Crippen molar-refractivity contribution in [3.63, 3.8) is 0 Å². The molecule has 0 radical (unpaired) electrons. The first kappa shape index (κ1) is 15.6. The van der Waals surface area contributed by atoms with Gasteiger partial charge in [-0.3, -0.25) is 10.1 Å². The monoisotopic (exact) mass is 302 g/mol. The Morgan fingerprint density at radius 1 is 1.38 bits per heavy atom. The fourth-order valence-electron chi connectivity index (χ4n) is 2.54. The van der Waals surface area contributed by atoms with E-state index in [9.17, 15) is 23.3 Å². The van der Waals surface area contributed by atoms with Crippen LogP contribution in [0.1, 0.15) is 38.2 Å². The molecular weight excluding hydrogens is 285 g/mol. The topological polar surface area (TPSA) is 55.2 Å². The van der Waals surface area contributed by atoms with E-state index in [1.165, 1.54) is 6.07 Å². The van der Waals surface area contributed by atoms with Crippen molar-refractivity contribution in [2.24, 2.45) is 5.41 Å². The van der Waals surface area contributed by atoms with Crippen molar-refractivity contribution in [2.45, 2.75) is 38.8 Å². The molecule has 21 heavy (non-hydrogen) atoms. The standard InChI is InChI=1S/C14H17F3N2O2/c1-2-5-13(6-7-13)9-18-10-3-4-12(19(20)21)11(8-10)14(15,16)17/h3-4,8,18H,2,5-7,9H2,1H3. The van der Waals surface area contributed by atoms with Crippen molar-refractivity contribution in [3.8, 4) is 0 Å². The van der Waals surface area contributed by atoms with E-state index < -0.39 is 22.4 Å². The van der Waals surface area contributed by atoms with E-state index >= 15 is 0 Å². The Morgan fingerprint density at radius 2 is 2.05 bits per heavy atom. The fraction of sp³-hybridized carbons (Fsp3) is 0.571. The van der Waals surface area contributed by atoms with Crippen molar-refractivity contribution < 1.29 is 18.1 Å². The molecule has 1 fully saturated rings. The second-order valence-corrected chi connectivity index (χ2v) is 5.59. The molecular formula is C14H17F3N2O2. The first-order chi connectivity index (χ1) is 9.77. The number of halogens is 3. The van der Waals surface area contributed by atoms with Crippen molar-refractivity contribution in [1.82, 2.24) is 0 Å². The molecule has 0 aliphatic heterocycles. The number of anilines is 1. The van der Waals surface area contributed by atoms with Gasteiger partial charge in [-0.2, -0.15) is 13.2 Å². The van der Waals surface area contributed by atoms with Crippen LogP contribution in [-0.2, 0) is 6.18 Å². The van der Waals surface area contributed by atoms with Gasteiger partial charge < -0.3 is 5.32 Å². The lowest BCUT2D eigenvalue weighted by atomic mass is 10.0. The number of hydrogen-bond donors (Lipinski definition) is 1. The minimum atomic E-state index is -4.74. The van der Waals surface area contributed by atoms with E-state index in [1.807, 2.05) is 0 Å².